The number of amides is 1. The lowest BCUT2D eigenvalue weighted by Gasteiger charge is -2.16. The number of thiophene rings is 1. The van der Waals surface area contributed by atoms with E-state index in [1.807, 2.05) is 29.0 Å². The molecule has 8 heteroatoms. The van der Waals surface area contributed by atoms with E-state index in [0.29, 0.717) is 23.9 Å². The zero-order valence-corrected chi connectivity index (χ0v) is 15.0. The van der Waals surface area contributed by atoms with Gasteiger partial charge in [0.25, 0.3) is 0 Å². The molecule has 3 aromatic heterocycles. The lowest BCUT2D eigenvalue weighted by molar-refractivity contribution is -0.116. The number of nitrogens with one attached hydrogen (secondary N) is 1. The fourth-order valence-corrected chi connectivity index (χ4v) is 3.52. The normalized spacial score (nSPS) is 13.9. The lowest BCUT2D eigenvalue weighted by atomic mass is 10.3. The topological polar surface area (TPSA) is 84.1 Å². The Morgan fingerprint density at radius 3 is 2.85 bits per heavy atom. The zero-order chi connectivity index (χ0) is 17.8. The summed E-state index contributed by atoms with van der Waals surface area (Å²) in [6.45, 7) is 2.10. The molecule has 0 spiro atoms. The van der Waals surface area contributed by atoms with E-state index in [1.165, 1.54) is 12.8 Å². The first-order valence-corrected chi connectivity index (χ1v) is 9.58. The second kappa shape index (κ2) is 7.65. The molecule has 0 bridgehead atoms. The van der Waals surface area contributed by atoms with Crippen molar-refractivity contribution in [3.63, 3.8) is 0 Å². The fraction of sp³-hybridized carbons (Fsp3) is 0.333. The van der Waals surface area contributed by atoms with E-state index in [2.05, 4.69) is 25.4 Å². The molecular weight excluding hydrogens is 350 g/mol. The van der Waals surface area contributed by atoms with Gasteiger partial charge in [-0.15, -0.1) is 10.2 Å². The van der Waals surface area contributed by atoms with Crippen LogP contribution in [0.2, 0.25) is 0 Å². The third-order valence-corrected chi connectivity index (χ3v) is 4.95. The van der Waals surface area contributed by atoms with Crippen molar-refractivity contribution in [3.8, 4) is 11.5 Å². The van der Waals surface area contributed by atoms with E-state index >= 15 is 0 Å². The maximum Gasteiger partial charge on any atom is 0.248 e. The summed E-state index contributed by atoms with van der Waals surface area (Å²) in [6.07, 6.45) is 4.81. The van der Waals surface area contributed by atoms with Crippen LogP contribution < -0.4 is 10.2 Å². The highest BCUT2D eigenvalue weighted by atomic mass is 32.1. The molecular formula is C18H19N5O2S. The number of hydrogen-bond donors (Lipinski definition) is 1. The summed E-state index contributed by atoms with van der Waals surface area (Å²) >= 11 is 1.57. The smallest absolute Gasteiger partial charge is 0.248 e. The van der Waals surface area contributed by atoms with E-state index in [9.17, 15) is 4.79 Å². The van der Waals surface area contributed by atoms with Gasteiger partial charge in [-0.3, -0.25) is 4.79 Å². The van der Waals surface area contributed by atoms with Crippen LogP contribution in [0.3, 0.4) is 0 Å². The first kappa shape index (κ1) is 16.7. The average Bonchev–Trinajstić information content (AvgIpc) is 3.42. The molecule has 0 unspecified atom stereocenters. The number of hydrogen-bond acceptors (Lipinski definition) is 7. The Bertz CT molecular complexity index is 854. The summed E-state index contributed by atoms with van der Waals surface area (Å²) in [5.41, 5.74) is 1.60. The molecule has 0 radical (unpaired) electrons. The van der Waals surface area contributed by atoms with Gasteiger partial charge in [0.1, 0.15) is 5.82 Å². The molecule has 7 nitrogen and oxygen atoms in total. The van der Waals surface area contributed by atoms with Crippen LogP contribution >= 0.6 is 11.3 Å². The summed E-state index contributed by atoms with van der Waals surface area (Å²) < 4.78 is 5.59. The molecule has 1 aliphatic rings. The minimum absolute atomic E-state index is 0.101. The van der Waals surface area contributed by atoms with E-state index < -0.39 is 0 Å². The van der Waals surface area contributed by atoms with Crippen LogP contribution in [-0.2, 0) is 11.2 Å². The van der Waals surface area contributed by atoms with Gasteiger partial charge in [0.15, 0.2) is 0 Å². The second-order valence-corrected chi connectivity index (χ2v) is 6.94. The Kier molecular flexibility index (Phi) is 4.92. The first-order valence-electron chi connectivity index (χ1n) is 8.64. The Hall–Kier alpha value is -2.74. The number of nitrogens with zero attached hydrogens (tertiary/aromatic N) is 4. The molecule has 1 amide bonds. The Balaban J connectivity index is 1.28. The Morgan fingerprint density at radius 1 is 1.23 bits per heavy atom. The first-order chi connectivity index (χ1) is 12.8. The van der Waals surface area contributed by atoms with Gasteiger partial charge in [-0.1, -0.05) is 0 Å². The molecule has 0 atom stereocenters. The molecule has 0 saturated carbocycles. The molecule has 3 aromatic rings. The molecule has 134 valence electrons. The highest BCUT2D eigenvalue weighted by Crippen LogP contribution is 2.21. The summed E-state index contributed by atoms with van der Waals surface area (Å²) in [4.78, 5) is 18.8. The molecule has 0 aromatic carbocycles. The van der Waals surface area contributed by atoms with E-state index in [0.717, 1.165) is 24.5 Å². The fourth-order valence-electron chi connectivity index (χ4n) is 2.89. The van der Waals surface area contributed by atoms with Gasteiger partial charge >= 0.3 is 0 Å². The number of carbonyl (C=O) groups is 1. The number of anilines is 2. The van der Waals surface area contributed by atoms with Crippen LogP contribution in [0.5, 0.6) is 0 Å². The van der Waals surface area contributed by atoms with Gasteiger partial charge < -0.3 is 14.6 Å². The van der Waals surface area contributed by atoms with Crippen molar-refractivity contribution in [2.45, 2.75) is 25.7 Å². The molecule has 1 fully saturated rings. The standard InChI is InChI=1S/C18H19N5O2S/c24-16(5-6-17-21-22-18(25-17)13-7-10-26-12-13)20-14-3-4-15(19-11-14)23-8-1-2-9-23/h3-4,7,10-12H,1-2,5-6,8-9H2,(H,20,24). The van der Waals surface area contributed by atoms with Crippen molar-refractivity contribution < 1.29 is 9.21 Å². The van der Waals surface area contributed by atoms with Crippen molar-refractivity contribution in [1.29, 1.82) is 0 Å². The minimum Gasteiger partial charge on any atom is -0.421 e. The van der Waals surface area contributed by atoms with Crippen LogP contribution in [-0.4, -0.2) is 34.2 Å². The lowest BCUT2D eigenvalue weighted by Crippen LogP contribution is -2.19. The van der Waals surface area contributed by atoms with Crippen molar-refractivity contribution in [1.82, 2.24) is 15.2 Å². The van der Waals surface area contributed by atoms with E-state index in [-0.39, 0.29) is 12.3 Å². The molecule has 1 N–H and O–H groups in total. The average molecular weight is 369 g/mol. The number of aryl methyl sites for hydroxylation is 1. The van der Waals surface area contributed by atoms with Crippen LogP contribution in [0, 0.1) is 0 Å². The monoisotopic (exact) mass is 369 g/mol. The molecule has 0 aliphatic carbocycles. The summed E-state index contributed by atoms with van der Waals surface area (Å²) in [6, 6.07) is 5.76. The van der Waals surface area contributed by atoms with Crippen LogP contribution in [0.4, 0.5) is 11.5 Å². The maximum absolute atomic E-state index is 12.1. The summed E-state index contributed by atoms with van der Waals surface area (Å²) in [7, 11) is 0. The SMILES string of the molecule is O=C(CCc1nnc(-c2ccsc2)o1)Nc1ccc(N2CCCC2)nc1. The second-order valence-electron chi connectivity index (χ2n) is 6.16. The highest BCUT2D eigenvalue weighted by Gasteiger charge is 2.14. The van der Waals surface area contributed by atoms with Gasteiger partial charge in [0.2, 0.25) is 17.7 Å². The Morgan fingerprint density at radius 2 is 2.12 bits per heavy atom. The maximum atomic E-state index is 12.1. The van der Waals surface area contributed by atoms with E-state index in [1.54, 1.807) is 17.5 Å². The van der Waals surface area contributed by atoms with Gasteiger partial charge in [-0.2, -0.15) is 11.3 Å². The van der Waals surface area contributed by atoms with Crippen molar-refractivity contribution >= 4 is 28.7 Å². The summed E-state index contributed by atoms with van der Waals surface area (Å²) in [5, 5.41) is 14.8. The van der Waals surface area contributed by atoms with Gasteiger partial charge in [0, 0.05) is 36.9 Å². The van der Waals surface area contributed by atoms with Crippen LogP contribution in [0.25, 0.3) is 11.5 Å². The predicted octanol–water partition coefficient (Wildman–Crippen LogP) is 3.36. The molecule has 4 heterocycles. The Labute approximate surface area is 155 Å². The molecule has 1 aliphatic heterocycles. The third-order valence-electron chi connectivity index (χ3n) is 4.26. The zero-order valence-electron chi connectivity index (χ0n) is 14.2. The van der Waals surface area contributed by atoms with E-state index in [4.69, 9.17) is 4.42 Å². The highest BCUT2D eigenvalue weighted by molar-refractivity contribution is 7.08. The predicted molar refractivity (Wildman–Crippen MR) is 100 cm³/mol. The number of aromatic nitrogens is 3. The third kappa shape index (κ3) is 3.91. The van der Waals surface area contributed by atoms with Crippen molar-refractivity contribution in [3.05, 3.63) is 41.0 Å². The van der Waals surface area contributed by atoms with Crippen molar-refractivity contribution in [2.75, 3.05) is 23.3 Å². The number of rotatable bonds is 6. The minimum atomic E-state index is -0.101. The van der Waals surface area contributed by atoms with Gasteiger partial charge in [-0.05, 0) is 36.4 Å². The van der Waals surface area contributed by atoms with Crippen LogP contribution in [0.1, 0.15) is 25.2 Å². The number of carbonyl (C=O) groups excluding carboxylic acids is 1. The van der Waals surface area contributed by atoms with Crippen LogP contribution in [0.15, 0.2) is 39.6 Å². The largest absolute Gasteiger partial charge is 0.421 e. The molecule has 26 heavy (non-hydrogen) atoms. The van der Waals surface area contributed by atoms with Gasteiger partial charge in [-0.25, -0.2) is 4.98 Å². The number of pyridine rings is 1. The molecule has 4 rings (SSSR count). The molecule has 1 saturated heterocycles. The quantitative estimate of drug-likeness (QED) is 0.717. The van der Waals surface area contributed by atoms with Crippen molar-refractivity contribution in [2.24, 2.45) is 0 Å². The summed E-state index contributed by atoms with van der Waals surface area (Å²) in [5.74, 6) is 1.82. The van der Waals surface area contributed by atoms with Gasteiger partial charge in [0.05, 0.1) is 11.9 Å².